The molecule has 0 spiro atoms. The van der Waals surface area contributed by atoms with Gasteiger partial charge in [-0.05, 0) is 59.1 Å². The second-order valence-corrected chi connectivity index (χ2v) is 6.86. The highest BCUT2D eigenvalue weighted by Gasteiger charge is 2.15. The molecule has 0 fully saturated rings. The number of hydrogen-bond donors (Lipinski definition) is 1. The molecule has 1 aromatic heterocycles. The van der Waals surface area contributed by atoms with E-state index in [4.69, 9.17) is 4.74 Å². The molecule has 4 nitrogen and oxygen atoms in total. The molecule has 0 bridgehead atoms. The van der Waals surface area contributed by atoms with Crippen molar-refractivity contribution >= 4 is 44.8 Å². The lowest BCUT2D eigenvalue weighted by Crippen LogP contribution is -2.13. The minimum Gasteiger partial charge on any atom is -0.465 e. The Morgan fingerprint density at radius 2 is 2.00 bits per heavy atom. The highest BCUT2D eigenvalue weighted by Crippen LogP contribution is 2.28. The van der Waals surface area contributed by atoms with Gasteiger partial charge in [-0.15, -0.1) is 11.3 Å². The molecule has 2 aromatic rings. The normalized spacial score (nSPS) is 10.3. The number of ether oxygens (including phenoxy) is 1. The van der Waals surface area contributed by atoms with Crippen LogP contribution in [0.5, 0.6) is 0 Å². The van der Waals surface area contributed by atoms with Gasteiger partial charge in [0.15, 0.2) is 0 Å². The first-order chi connectivity index (χ1) is 9.93. The second kappa shape index (κ2) is 6.41. The maximum Gasteiger partial charge on any atom is 0.338 e. The lowest BCUT2D eigenvalue weighted by atomic mass is 10.1. The first-order valence-electron chi connectivity index (χ1n) is 6.19. The van der Waals surface area contributed by atoms with Gasteiger partial charge < -0.3 is 10.1 Å². The van der Waals surface area contributed by atoms with E-state index in [0.717, 1.165) is 9.35 Å². The van der Waals surface area contributed by atoms with E-state index in [0.29, 0.717) is 21.7 Å². The zero-order valence-corrected chi connectivity index (χ0v) is 14.2. The maximum atomic E-state index is 12.2. The third-order valence-electron chi connectivity index (χ3n) is 3.07. The number of carbonyl (C=O) groups excluding carboxylic acids is 2. The Balaban J connectivity index is 2.27. The number of carbonyl (C=O) groups is 2. The molecular formula is C15H14BrNO3S. The Hall–Kier alpha value is -1.66. The van der Waals surface area contributed by atoms with Gasteiger partial charge in [0.1, 0.15) is 0 Å². The Kier molecular flexibility index (Phi) is 4.80. The summed E-state index contributed by atoms with van der Waals surface area (Å²) in [5.41, 5.74) is 2.75. The maximum absolute atomic E-state index is 12.2. The van der Waals surface area contributed by atoms with Gasteiger partial charge in [0.2, 0.25) is 0 Å². The average molecular weight is 368 g/mol. The van der Waals surface area contributed by atoms with Crippen molar-refractivity contribution in [3.63, 3.8) is 0 Å². The molecular weight excluding hydrogens is 354 g/mol. The predicted molar refractivity (Wildman–Crippen MR) is 87.2 cm³/mol. The van der Waals surface area contributed by atoms with E-state index in [1.807, 2.05) is 13.0 Å². The van der Waals surface area contributed by atoms with Crippen LogP contribution in [0.4, 0.5) is 5.69 Å². The summed E-state index contributed by atoms with van der Waals surface area (Å²) < 4.78 is 5.66. The summed E-state index contributed by atoms with van der Waals surface area (Å²) in [6, 6.07) is 6.96. The number of thiophene rings is 1. The molecule has 110 valence electrons. The molecule has 1 aromatic carbocycles. The van der Waals surface area contributed by atoms with Crippen LogP contribution in [0.1, 0.15) is 31.2 Å². The summed E-state index contributed by atoms with van der Waals surface area (Å²) in [7, 11) is 1.33. The fraction of sp³-hybridized carbons (Fsp3) is 0.200. The van der Waals surface area contributed by atoms with Crippen molar-refractivity contribution in [3.05, 3.63) is 49.6 Å². The summed E-state index contributed by atoms with van der Waals surface area (Å²) in [4.78, 5) is 24.5. The monoisotopic (exact) mass is 367 g/mol. The third-order valence-corrected chi connectivity index (χ3v) is 5.20. The zero-order valence-electron chi connectivity index (χ0n) is 11.8. The Labute approximate surface area is 135 Å². The highest BCUT2D eigenvalue weighted by atomic mass is 79.9. The summed E-state index contributed by atoms with van der Waals surface area (Å²) in [6.45, 7) is 3.71. The lowest BCUT2D eigenvalue weighted by molar-refractivity contribution is 0.0599. The largest absolute Gasteiger partial charge is 0.465 e. The van der Waals surface area contributed by atoms with E-state index >= 15 is 0 Å². The van der Waals surface area contributed by atoms with Crippen molar-refractivity contribution in [1.29, 1.82) is 0 Å². The molecule has 1 N–H and O–H groups in total. The van der Waals surface area contributed by atoms with Crippen molar-refractivity contribution in [3.8, 4) is 0 Å². The van der Waals surface area contributed by atoms with Crippen molar-refractivity contribution in [1.82, 2.24) is 0 Å². The van der Waals surface area contributed by atoms with E-state index in [-0.39, 0.29) is 5.91 Å². The van der Waals surface area contributed by atoms with Crippen LogP contribution < -0.4 is 5.32 Å². The van der Waals surface area contributed by atoms with E-state index in [1.165, 1.54) is 18.4 Å². The Morgan fingerprint density at radius 3 is 2.57 bits per heavy atom. The van der Waals surface area contributed by atoms with Crippen molar-refractivity contribution in [2.45, 2.75) is 13.8 Å². The van der Waals surface area contributed by atoms with Crippen LogP contribution in [0, 0.1) is 13.8 Å². The molecule has 0 saturated carbocycles. The molecule has 0 radical (unpaired) electrons. The number of benzene rings is 1. The van der Waals surface area contributed by atoms with E-state index in [2.05, 4.69) is 21.2 Å². The topological polar surface area (TPSA) is 55.4 Å². The van der Waals surface area contributed by atoms with Gasteiger partial charge >= 0.3 is 5.97 Å². The van der Waals surface area contributed by atoms with E-state index in [1.54, 1.807) is 25.1 Å². The summed E-state index contributed by atoms with van der Waals surface area (Å²) in [5, 5.41) is 2.83. The van der Waals surface area contributed by atoms with Gasteiger partial charge in [-0.3, -0.25) is 4.79 Å². The van der Waals surface area contributed by atoms with Crippen LogP contribution >= 0.6 is 27.3 Å². The fourth-order valence-corrected chi connectivity index (χ4v) is 3.29. The molecule has 0 aliphatic rings. The second-order valence-electron chi connectivity index (χ2n) is 4.49. The Bertz CT molecular complexity index is 689. The quantitative estimate of drug-likeness (QED) is 0.828. The van der Waals surface area contributed by atoms with E-state index < -0.39 is 5.97 Å². The third kappa shape index (κ3) is 3.33. The van der Waals surface area contributed by atoms with Gasteiger partial charge in [0.05, 0.1) is 21.3 Å². The zero-order chi connectivity index (χ0) is 15.6. The molecule has 1 amide bonds. The molecule has 2 rings (SSSR count). The summed E-state index contributed by atoms with van der Waals surface area (Å²) in [5.74, 6) is -0.614. The number of anilines is 1. The van der Waals surface area contributed by atoms with Crippen molar-refractivity contribution < 1.29 is 14.3 Å². The van der Waals surface area contributed by atoms with Crippen LogP contribution in [0.25, 0.3) is 0 Å². The van der Waals surface area contributed by atoms with Crippen molar-refractivity contribution in [2.75, 3.05) is 12.4 Å². The number of methoxy groups -OCH3 is 1. The van der Waals surface area contributed by atoms with Crippen LogP contribution in [0.3, 0.4) is 0 Å². The highest BCUT2D eigenvalue weighted by molar-refractivity contribution is 9.11. The average Bonchev–Trinajstić information content (AvgIpc) is 2.80. The summed E-state index contributed by atoms with van der Waals surface area (Å²) in [6.07, 6.45) is 0. The lowest BCUT2D eigenvalue weighted by Gasteiger charge is -2.10. The van der Waals surface area contributed by atoms with Crippen LogP contribution in [-0.4, -0.2) is 19.0 Å². The fourth-order valence-electron chi connectivity index (χ4n) is 1.86. The first kappa shape index (κ1) is 15.7. The first-order valence-corrected chi connectivity index (χ1v) is 7.80. The predicted octanol–water partition coefficient (Wildman–Crippen LogP) is 4.17. The van der Waals surface area contributed by atoms with Crippen molar-refractivity contribution in [2.24, 2.45) is 0 Å². The van der Waals surface area contributed by atoms with E-state index in [9.17, 15) is 9.59 Å². The molecule has 6 heteroatoms. The minimum atomic E-state index is -0.418. The molecule has 0 aliphatic carbocycles. The van der Waals surface area contributed by atoms with Crippen LogP contribution in [-0.2, 0) is 4.74 Å². The Morgan fingerprint density at radius 1 is 1.29 bits per heavy atom. The molecule has 0 atom stereocenters. The van der Waals surface area contributed by atoms with Crippen LogP contribution in [0.15, 0.2) is 28.1 Å². The number of hydrogen-bond acceptors (Lipinski definition) is 4. The number of aryl methyl sites for hydroxylation is 1. The molecule has 0 saturated heterocycles. The number of nitrogens with one attached hydrogen (secondary N) is 1. The van der Waals surface area contributed by atoms with Gasteiger partial charge in [0, 0.05) is 5.69 Å². The SMILES string of the molecule is COC(=O)c1cccc(NC(=O)c2cc(C)c(Br)s2)c1C. The van der Waals surface area contributed by atoms with Crippen LogP contribution in [0.2, 0.25) is 0 Å². The molecule has 21 heavy (non-hydrogen) atoms. The smallest absolute Gasteiger partial charge is 0.338 e. The molecule has 0 unspecified atom stereocenters. The van der Waals surface area contributed by atoms with Gasteiger partial charge in [-0.2, -0.15) is 0 Å². The van der Waals surface area contributed by atoms with Gasteiger partial charge in [-0.1, -0.05) is 6.07 Å². The minimum absolute atomic E-state index is 0.195. The molecule has 1 heterocycles. The molecule has 0 aliphatic heterocycles. The number of amides is 1. The summed E-state index contributed by atoms with van der Waals surface area (Å²) >= 11 is 4.78. The number of esters is 1. The van der Waals surface area contributed by atoms with Gasteiger partial charge in [-0.25, -0.2) is 4.79 Å². The number of rotatable bonds is 3. The standard InChI is InChI=1S/C15H14BrNO3S/c1-8-7-12(21-13(8)16)14(18)17-11-6-4-5-10(9(11)2)15(19)20-3/h4-7H,1-3H3,(H,17,18). The van der Waals surface area contributed by atoms with Gasteiger partial charge in [0.25, 0.3) is 5.91 Å². The number of halogens is 1.